The van der Waals surface area contributed by atoms with Crippen molar-refractivity contribution in [1.82, 2.24) is 0 Å². The molecule has 0 bridgehead atoms. The second kappa shape index (κ2) is 3.46. The molecular weight excluding hydrogens is 188 g/mol. The molecule has 2 heteroatoms. The number of carbonyl (C=O) groups is 1. The number of aliphatic hydroxyl groups is 1. The first-order valence-electron chi connectivity index (χ1n) is 5.35. The fourth-order valence-corrected chi connectivity index (χ4v) is 1.68. The Morgan fingerprint density at radius 3 is 2.20 bits per heavy atom. The van der Waals surface area contributed by atoms with Gasteiger partial charge in [-0.25, -0.2) is 0 Å². The molecule has 2 rings (SSSR count). The predicted octanol–water partition coefficient (Wildman–Crippen LogP) is 2.52. The molecule has 1 N–H and O–H groups in total. The Hall–Kier alpha value is -1.15. The molecule has 1 aromatic carbocycles. The standard InChI is InChI=1S/C13H16O2/c1-13(2,15)12(14)11-7-5-10(6-8-11)9-3-4-9/h5-9,15H,3-4H2,1-2H3. The number of benzene rings is 1. The van der Waals surface area contributed by atoms with E-state index in [2.05, 4.69) is 0 Å². The third kappa shape index (κ3) is 2.26. The van der Waals surface area contributed by atoms with E-state index in [1.807, 2.05) is 24.3 Å². The van der Waals surface area contributed by atoms with Gasteiger partial charge in [0.15, 0.2) is 5.78 Å². The van der Waals surface area contributed by atoms with Gasteiger partial charge in [0.2, 0.25) is 0 Å². The molecule has 0 unspecified atom stereocenters. The molecule has 0 saturated heterocycles. The van der Waals surface area contributed by atoms with E-state index in [-0.39, 0.29) is 5.78 Å². The van der Waals surface area contributed by atoms with Crippen LogP contribution in [0, 0.1) is 0 Å². The Labute approximate surface area is 89.9 Å². The van der Waals surface area contributed by atoms with E-state index >= 15 is 0 Å². The molecule has 2 nitrogen and oxygen atoms in total. The third-order valence-corrected chi connectivity index (χ3v) is 2.78. The van der Waals surface area contributed by atoms with Crippen LogP contribution < -0.4 is 0 Å². The lowest BCUT2D eigenvalue weighted by molar-refractivity contribution is 0.0488. The maximum atomic E-state index is 11.7. The highest BCUT2D eigenvalue weighted by atomic mass is 16.3. The molecule has 0 spiro atoms. The van der Waals surface area contributed by atoms with Gasteiger partial charge in [0.25, 0.3) is 0 Å². The Morgan fingerprint density at radius 1 is 1.27 bits per heavy atom. The molecule has 1 aromatic rings. The molecule has 1 aliphatic rings. The van der Waals surface area contributed by atoms with Crippen molar-refractivity contribution in [2.24, 2.45) is 0 Å². The van der Waals surface area contributed by atoms with E-state index in [0.29, 0.717) is 11.5 Å². The molecular formula is C13H16O2. The van der Waals surface area contributed by atoms with Gasteiger partial charge in [-0.3, -0.25) is 4.79 Å². The maximum absolute atomic E-state index is 11.7. The van der Waals surface area contributed by atoms with Gasteiger partial charge in [0.1, 0.15) is 5.60 Å². The highest BCUT2D eigenvalue weighted by molar-refractivity contribution is 6.01. The summed E-state index contributed by atoms with van der Waals surface area (Å²) in [5, 5.41) is 9.58. The van der Waals surface area contributed by atoms with Crippen molar-refractivity contribution in [3.63, 3.8) is 0 Å². The number of hydrogen-bond donors (Lipinski definition) is 1. The van der Waals surface area contributed by atoms with E-state index in [1.54, 1.807) is 0 Å². The lowest BCUT2D eigenvalue weighted by Gasteiger charge is -2.15. The van der Waals surface area contributed by atoms with Crippen molar-refractivity contribution in [1.29, 1.82) is 0 Å². The minimum absolute atomic E-state index is 0.218. The summed E-state index contributed by atoms with van der Waals surface area (Å²) in [6.45, 7) is 3.04. The average molecular weight is 204 g/mol. The first kappa shape index (κ1) is 10.4. The van der Waals surface area contributed by atoms with Gasteiger partial charge in [-0.2, -0.15) is 0 Å². The van der Waals surface area contributed by atoms with E-state index < -0.39 is 5.60 Å². The van der Waals surface area contributed by atoms with Gasteiger partial charge in [-0.05, 0) is 38.2 Å². The summed E-state index contributed by atoms with van der Waals surface area (Å²) in [6, 6.07) is 7.62. The SMILES string of the molecule is CC(C)(O)C(=O)c1ccc(C2CC2)cc1. The van der Waals surface area contributed by atoms with Gasteiger partial charge in [0.05, 0.1) is 0 Å². The highest BCUT2D eigenvalue weighted by Gasteiger charge is 2.26. The summed E-state index contributed by atoms with van der Waals surface area (Å²) in [4.78, 5) is 11.7. The van der Waals surface area contributed by atoms with Crippen molar-refractivity contribution < 1.29 is 9.90 Å². The van der Waals surface area contributed by atoms with Gasteiger partial charge >= 0.3 is 0 Å². The number of carbonyl (C=O) groups excluding carboxylic acids is 1. The fourth-order valence-electron chi connectivity index (χ4n) is 1.68. The molecule has 15 heavy (non-hydrogen) atoms. The lowest BCUT2D eigenvalue weighted by atomic mass is 9.95. The number of rotatable bonds is 3. The summed E-state index contributed by atoms with van der Waals surface area (Å²) in [5.74, 6) is 0.487. The van der Waals surface area contributed by atoms with Gasteiger partial charge in [0, 0.05) is 5.56 Å². The number of Topliss-reactive ketones (excluding diaryl/α,β-unsaturated/α-hetero) is 1. The number of ketones is 1. The fraction of sp³-hybridized carbons (Fsp3) is 0.462. The Morgan fingerprint density at radius 2 is 1.80 bits per heavy atom. The van der Waals surface area contributed by atoms with Crippen LogP contribution in [-0.2, 0) is 0 Å². The zero-order valence-electron chi connectivity index (χ0n) is 9.16. The Kier molecular flexibility index (Phi) is 2.39. The summed E-state index contributed by atoms with van der Waals surface area (Å²) in [5.41, 5.74) is 0.621. The van der Waals surface area contributed by atoms with Gasteiger partial charge in [-0.15, -0.1) is 0 Å². The predicted molar refractivity (Wildman–Crippen MR) is 59.0 cm³/mol. The average Bonchev–Trinajstić information content (AvgIpc) is 2.99. The van der Waals surface area contributed by atoms with E-state index in [0.717, 1.165) is 0 Å². The molecule has 80 valence electrons. The van der Waals surface area contributed by atoms with Crippen LogP contribution >= 0.6 is 0 Å². The van der Waals surface area contributed by atoms with Crippen molar-refractivity contribution in [3.05, 3.63) is 35.4 Å². The van der Waals surface area contributed by atoms with Crippen LogP contribution in [0.3, 0.4) is 0 Å². The Balaban J connectivity index is 2.19. The Bertz CT molecular complexity index is 367. The normalized spacial score (nSPS) is 16.5. The first-order valence-corrected chi connectivity index (χ1v) is 5.35. The molecule has 0 heterocycles. The summed E-state index contributed by atoms with van der Waals surface area (Å²) in [7, 11) is 0. The van der Waals surface area contributed by atoms with Crippen LogP contribution in [0.1, 0.15) is 48.5 Å². The minimum Gasteiger partial charge on any atom is -0.382 e. The summed E-state index contributed by atoms with van der Waals surface area (Å²) in [6.07, 6.45) is 2.53. The topological polar surface area (TPSA) is 37.3 Å². The van der Waals surface area contributed by atoms with Gasteiger partial charge in [-0.1, -0.05) is 24.3 Å². The van der Waals surface area contributed by atoms with Crippen LogP contribution in [0.25, 0.3) is 0 Å². The monoisotopic (exact) mass is 204 g/mol. The zero-order chi connectivity index (χ0) is 11.1. The quantitative estimate of drug-likeness (QED) is 0.768. The smallest absolute Gasteiger partial charge is 0.193 e. The molecule has 0 amide bonds. The zero-order valence-corrected chi connectivity index (χ0v) is 9.16. The molecule has 1 aliphatic carbocycles. The largest absolute Gasteiger partial charge is 0.382 e. The van der Waals surface area contributed by atoms with Crippen LogP contribution in [0.15, 0.2) is 24.3 Å². The second-order valence-electron chi connectivity index (χ2n) is 4.78. The van der Waals surface area contributed by atoms with Crippen molar-refractivity contribution in [3.8, 4) is 0 Å². The summed E-state index contributed by atoms with van der Waals surface area (Å²) < 4.78 is 0. The molecule has 1 saturated carbocycles. The lowest BCUT2D eigenvalue weighted by Crippen LogP contribution is -2.30. The highest BCUT2D eigenvalue weighted by Crippen LogP contribution is 2.39. The summed E-state index contributed by atoms with van der Waals surface area (Å²) >= 11 is 0. The first-order chi connectivity index (χ1) is 6.98. The van der Waals surface area contributed by atoms with Crippen LogP contribution in [0.5, 0.6) is 0 Å². The molecule has 1 fully saturated rings. The van der Waals surface area contributed by atoms with Crippen molar-refractivity contribution >= 4 is 5.78 Å². The van der Waals surface area contributed by atoms with Crippen molar-refractivity contribution in [2.75, 3.05) is 0 Å². The van der Waals surface area contributed by atoms with Crippen LogP contribution in [0.2, 0.25) is 0 Å². The van der Waals surface area contributed by atoms with Crippen LogP contribution in [0.4, 0.5) is 0 Å². The van der Waals surface area contributed by atoms with Crippen LogP contribution in [-0.4, -0.2) is 16.5 Å². The third-order valence-electron chi connectivity index (χ3n) is 2.78. The molecule has 0 aliphatic heterocycles. The minimum atomic E-state index is -1.28. The van der Waals surface area contributed by atoms with Crippen molar-refractivity contribution in [2.45, 2.75) is 38.2 Å². The molecule has 0 radical (unpaired) electrons. The maximum Gasteiger partial charge on any atom is 0.193 e. The van der Waals surface area contributed by atoms with E-state index in [1.165, 1.54) is 32.3 Å². The second-order valence-corrected chi connectivity index (χ2v) is 4.78. The molecule has 0 aromatic heterocycles. The van der Waals surface area contributed by atoms with E-state index in [9.17, 15) is 9.90 Å². The van der Waals surface area contributed by atoms with E-state index in [4.69, 9.17) is 0 Å². The van der Waals surface area contributed by atoms with Gasteiger partial charge < -0.3 is 5.11 Å². The number of hydrogen-bond acceptors (Lipinski definition) is 2. The molecule has 0 atom stereocenters.